The van der Waals surface area contributed by atoms with Crippen LogP contribution in [0, 0.1) is 13.8 Å². The number of hydrogen-bond acceptors (Lipinski definition) is 6. The summed E-state index contributed by atoms with van der Waals surface area (Å²) in [5, 5.41) is 7.65. The van der Waals surface area contributed by atoms with Gasteiger partial charge in [0.1, 0.15) is 11.3 Å². The van der Waals surface area contributed by atoms with Crippen molar-refractivity contribution in [3.8, 4) is 11.5 Å². The summed E-state index contributed by atoms with van der Waals surface area (Å²) in [5.41, 5.74) is 4.12. The van der Waals surface area contributed by atoms with Crippen molar-refractivity contribution in [1.29, 1.82) is 0 Å². The Morgan fingerprint density at radius 1 is 1.27 bits per heavy atom. The molecule has 116 valence electrons. The van der Waals surface area contributed by atoms with E-state index < -0.39 is 0 Å². The molecule has 7 nitrogen and oxygen atoms in total. The second kappa shape index (κ2) is 6.75. The molecule has 0 unspecified atom stereocenters. The number of ether oxygens (including phenoxy) is 2. The van der Waals surface area contributed by atoms with Gasteiger partial charge in [-0.15, -0.1) is 0 Å². The highest BCUT2D eigenvalue weighted by atomic mass is 16.5. The number of aromatic nitrogens is 1. The van der Waals surface area contributed by atoms with Gasteiger partial charge in [-0.05, 0) is 37.6 Å². The van der Waals surface area contributed by atoms with Gasteiger partial charge in [0.15, 0.2) is 11.5 Å². The molecule has 7 heteroatoms. The third-order valence-corrected chi connectivity index (χ3v) is 3.05. The maximum absolute atomic E-state index is 12.0. The highest BCUT2D eigenvalue weighted by molar-refractivity contribution is 5.96. The number of rotatable bonds is 5. The van der Waals surface area contributed by atoms with Crippen LogP contribution in [0.3, 0.4) is 0 Å². The molecule has 0 saturated carbocycles. The summed E-state index contributed by atoms with van der Waals surface area (Å²) in [6, 6.07) is 5.31. The first-order valence-electron chi connectivity index (χ1n) is 6.55. The predicted molar refractivity (Wildman–Crippen MR) is 80.6 cm³/mol. The zero-order valence-corrected chi connectivity index (χ0v) is 12.8. The zero-order chi connectivity index (χ0) is 16.1. The standard InChI is InChI=1S/C15H17N3O4/c1-9-14(10(2)22-18-9)15(19)17-16-8-11-5-6-12(20-3)13(7-11)21-4/h5-8H,1-4H3,(H,17,19)/b16-8+. The van der Waals surface area contributed by atoms with E-state index >= 15 is 0 Å². The van der Waals surface area contributed by atoms with Crippen LogP contribution in [-0.2, 0) is 0 Å². The van der Waals surface area contributed by atoms with Crippen molar-refractivity contribution in [2.45, 2.75) is 13.8 Å². The van der Waals surface area contributed by atoms with Gasteiger partial charge in [0, 0.05) is 0 Å². The van der Waals surface area contributed by atoms with Gasteiger partial charge in [0.25, 0.3) is 5.91 Å². The maximum Gasteiger partial charge on any atom is 0.276 e. The van der Waals surface area contributed by atoms with E-state index in [9.17, 15) is 4.79 Å². The molecular weight excluding hydrogens is 286 g/mol. The number of methoxy groups -OCH3 is 2. The van der Waals surface area contributed by atoms with E-state index in [1.165, 1.54) is 6.21 Å². The van der Waals surface area contributed by atoms with Gasteiger partial charge >= 0.3 is 0 Å². The number of nitrogens with zero attached hydrogens (tertiary/aromatic N) is 2. The first kappa shape index (κ1) is 15.6. The van der Waals surface area contributed by atoms with E-state index in [1.807, 2.05) is 0 Å². The molecule has 0 spiro atoms. The van der Waals surface area contributed by atoms with Crippen LogP contribution in [0.25, 0.3) is 0 Å². The van der Waals surface area contributed by atoms with Crippen LogP contribution >= 0.6 is 0 Å². The van der Waals surface area contributed by atoms with E-state index in [2.05, 4.69) is 15.7 Å². The lowest BCUT2D eigenvalue weighted by Crippen LogP contribution is -2.18. The summed E-state index contributed by atoms with van der Waals surface area (Å²) in [6.45, 7) is 3.37. The van der Waals surface area contributed by atoms with Crippen molar-refractivity contribution in [2.75, 3.05) is 14.2 Å². The molecule has 1 aromatic heterocycles. The third-order valence-electron chi connectivity index (χ3n) is 3.05. The second-order valence-corrected chi connectivity index (χ2v) is 4.51. The Morgan fingerprint density at radius 2 is 2.00 bits per heavy atom. The molecule has 2 rings (SSSR count). The Labute approximate surface area is 127 Å². The van der Waals surface area contributed by atoms with Gasteiger partial charge in [-0.2, -0.15) is 5.10 Å². The number of nitrogens with one attached hydrogen (secondary N) is 1. The van der Waals surface area contributed by atoms with E-state index in [-0.39, 0.29) is 5.91 Å². The average Bonchev–Trinajstić information content (AvgIpc) is 2.86. The van der Waals surface area contributed by atoms with Crippen molar-refractivity contribution < 1.29 is 18.8 Å². The van der Waals surface area contributed by atoms with Crippen molar-refractivity contribution in [1.82, 2.24) is 10.6 Å². The zero-order valence-electron chi connectivity index (χ0n) is 12.8. The average molecular weight is 303 g/mol. The summed E-state index contributed by atoms with van der Waals surface area (Å²) in [6.07, 6.45) is 1.51. The topological polar surface area (TPSA) is 86.0 Å². The molecular formula is C15H17N3O4. The van der Waals surface area contributed by atoms with Crippen LogP contribution in [0.2, 0.25) is 0 Å². The Balaban J connectivity index is 2.08. The number of amides is 1. The minimum absolute atomic E-state index is 0.368. The van der Waals surface area contributed by atoms with Gasteiger partial charge in [-0.25, -0.2) is 5.43 Å². The molecule has 0 fully saturated rings. The molecule has 0 radical (unpaired) electrons. The number of aryl methyl sites for hydroxylation is 2. The SMILES string of the molecule is COc1ccc(/C=N/NC(=O)c2c(C)noc2C)cc1OC. The van der Waals surface area contributed by atoms with Gasteiger partial charge < -0.3 is 14.0 Å². The maximum atomic E-state index is 12.0. The lowest BCUT2D eigenvalue weighted by Gasteiger charge is -2.07. The van der Waals surface area contributed by atoms with E-state index in [1.54, 1.807) is 46.3 Å². The molecule has 1 N–H and O–H groups in total. The highest BCUT2D eigenvalue weighted by Crippen LogP contribution is 2.26. The van der Waals surface area contributed by atoms with Crippen LogP contribution < -0.4 is 14.9 Å². The fraction of sp³-hybridized carbons (Fsp3) is 0.267. The summed E-state index contributed by atoms with van der Waals surface area (Å²) >= 11 is 0. The van der Waals surface area contributed by atoms with Gasteiger partial charge in [0.05, 0.1) is 26.1 Å². The quantitative estimate of drug-likeness (QED) is 0.675. The highest BCUT2D eigenvalue weighted by Gasteiger charge is 2.16. The summed E-state index contributed by atoms with van der Waals surface area (Å²) < 4.78 is 15.3. The number of benzene rings is 1. The first-order valence-corrected chi connectivity index (χ1v) is 6.55. The molecule has 22 heavy (non-hydrogen) atoms. The Morgan fingerprint density at radius 3 is 2.59 bits per heavy atom. The monoisotopic (exact) mass is 303 g/mol. The molecule has 0 saturated heterocycles. The Hall–Kier alpha value is -2.83. The fourth-order valence-electron chi connectivity index (χ4n) is 1.96. The lowest BCUT2D eigenvalue weighted by molar-refractivity contribution is 0.0953. The molecule has 0 aliphatic rings. The van der Waals surface area contributed by atoms with Crippen molar-refractivity contribution >= 4 is 12.1 Å². The minimum atomic E-state index is -0.368. The van der Waals surface area contributed by atoms with E-state index in [0.717, 1.165) is 5.56 Å². The largest absolute Gasteiger partial charge is 0.493 e. The number of carbonyl (C=O) groups excluding carboxylic acids is 1. The van der Waals surface area contributed by atoms with Crippen LogP contribution in [0.15, 0.2) is 27.8 Å². The van der Waals surface area contributed by atoms with Crippen molar-refractivity contribution in [3.05, 3.63) is 40.8 Å². The smallest absolute Gasteiger partial charge is 0.276 e. The number of carbonyl (C=O) groups is 1. The summed E-state index contributed by atoms with van der Waals surface area (Å²) in [7, 11) is 3.12. The van der Waals surface area contributed by atoms with Crippen molar-refractivity contribution in [2.24, 2.45) is 5.10 Å². The molecule has 1 amide bonds. The molecule has 0 aliphatic heterocycles. The van der Waals surface area contributed by atoms with E-state index in [0.29, 0.717) is 28.5 Å². The molecule has 1 aromatic carbocycles. The van der Waals surface area contributed by atoms with Crippen LogP contribution in [0.1, 0.15) is 27.4 Å². The molecule has 0 aliphatic carbocycles. The van der Waals surface area contributed by atoms with Crippen LogP contribution in [0.5, 0.6) is 11.5 Å². The minimum Gasteiger partial charge on any atom is -0.493 e. The summed E-state index contributed by atoms with van der Waals surface area (Å²) in [4.78, 5) is 12.0. The number of hydrazone groups is 1. The third kappa shape index (κ3) is 3.25. The van der Waals surface area contributed by atoms with Crippen molar-refractivity contribution in [3.63, 3.8) is 0 Å². The van der Waals surface area contributed by atoms with Crippen LogP contribution in [0.4, 0.5) is 0 Å². The lowest BCUT2D eigenvalue weighted by atomic mass is 10.2. The van der Waals surface area contributed by atoms with Gasteiger partial charge in [-0.1, -0.05) is 5.16 Å². The number of hydrogen-bond donors (Lipinski definition) is 1. The Bertz CT molecular complexity index is 687. The van der Waals surface area contributed by atoms with Crippen LogP contribution in [-0.4, -0.2) is 31.5 Å². The van der Waals surface area contributed by atoms with Gasteiger partial charge in [0.2, 0.25) is 0 Å². The fourth-order valence-corrected chi connectivity index (χ4v) is 1.96. The first-order chi connectivity index (χ1) is 10.6. The molecule has 0 atom stereocenters. The molecule has 2 aromatic rings. The second-order valence-electron chi connectivity index (χ2n) is 4.51. The van der Waals surface area contributed by atoms with E-state index in [4.69, 9.17) is 14.0 Å². The van der Waals surface area contributed by atoms with Gasteiger partial charge in [-0.3, -0.25) is 4.79 Å². The predicted octanol–water partition coefficient (Wildman–Crippen LogP) is 2.07. The Kier molecular flexibility index (Phi) is 4.77. The molecule has 1 heterocycles. The summed E-state index contributed by atoms with van der Waals surface area (Å²) in [5.74, 6) is 1.30. The molecule has 0 bridgehead atoms. The normalized spacial score (nSPS) is 10.7.